The summed E-state index contributed by atoms with van der Waals surface area (Å²) in [5.74, 6) is 8.90. The van der Waals surface area contributed by atoms with Crippen LogP contribution in [0.3, 0.4) is 0 Å². The average Bonchev–Trinajstić information content (AvgIpc) is 3.11. The van der Waals surface area contributed by atoms with E-state index in [2.05, 4.69) is 48.2 Å². The number of rotatable bonds is 2. The van der Waals surface area contributed by atoms with Gasteiger partial charge in [0.2, 0.25) is 0 Å². The highest BCUT2D eigenvalue weighted by molar-refractivity contribution is 5.59. The van der Waals surface area contributed by atoms with Crippen molar-refractivity contribution in [3.8, 4) is 47.7 Å². The normalized spacial score (nSPS) is 15.4. The number of terminal acetylenes is 2. The lowest BCUT2D eigenvalue weighted by Gasteiger charge is -2.22. The first-order valence-electron chi connectivity index (χ1n) is 16.6. The third-order valence-corrected chi connectivity index (χ3v) is 8.80. The van der Waals surface area contributed by atoms with Crippen LogP contribution >= 0.6 is 0 Å². The first kappa shape index (κ1) is 34.0. The van der Waals surface area contributed by atoms with E-state index in [0.717, 1.165) is 78.6 Å². The van der Waals surface area contributed by atoms with Crippen molar-refractivity contribution in [1.29, 1.82) is 0 Å². The Labute approximate surface area is 289 Å². The molecule has 0 radical (unpaired) electrons. The Morgan fingerprint density at radius 3 is 1.06 bits per heavy atom. The molecule has 6 rings (SSSR count). The third kappa shape index (κ3) is 8.04. The van der Waals surface area contributed by atoms with Gasteiger partial charge >= 0.3 is 0 Å². The molecule has 4 aromatic rings. The van der Waals surface area contributed by atoms with Gasteiger partial charge in [0.25, 0.3) is 0 Å². The highest BCUT2D eigenvalue weighted by Crippen LogP contribution is 2.39. The number of ether oxygens (including phenoxy) is 7. The molecule has 0 amide bonds. The summed E-state index contributed by atoms with van der Waals surface area (Å²) in [6, 6.07) is 20.6. The molecule has 0 spiro atoms. The van der Waals surface area contributed by atoms with E-state index in [-0.39, 0.29) is 0 Å². The molecule has 252 valence electrons. The Hall–Kier alpha value is -4.92. The summed E-state index contributed by atoms with van der Waals surface area (Å²) < 4.78 is 42.8. The molecule has 0 saturated heterocycles. The summed E-state index contributed by atoms with van der Waals surface area (Å²) in [6.45, 7) is 3.38. The van der Waals surface area contributed by atoms with E-state index >= 15 is 0 Å². The lowest BCUT2D eigenvalue weighted by molar-refractivity contribution is 0.00484. The van der Waals surface area contributed by atoms with Crippen LogP contribution in [0.4, 0.5) is 0 Å². The minimum absolute atomic E-state index is 0.363. The van der Waals surface area contributed by atoms with E-state index in [1.807, 2.05) is 24.3 Å². The Kier molecular flexibility index (Phi) is 11.4. The minimum Gasteiger partial charge on any atom is -0.496 e. The second-order valence-electron chi connectivity index (χ2n) is 12.0. The summed E-state index contributed by atoms with van der Waals surface area (Å²) in [5.41, 5.74) is 9.47. The molecule has 1 aliphatic carbocycles. The van der Waals surface area contributed by atoms with Crippen LogP contribution in [0.5, 0.6) is 23.0 Å². The van der Waals surface area contributed by atoms with Gasteiger partial charge in [-0.2, -0.15) is 0 Å². The second-order valence-corrected chi connectivity index (χ2v) is 12.0. The van der Waals surface area contributed by atoms with Crippen LogP contribution in [0.2, 0.25) is 0 Å². The zero-order valence-electron chi connectivity index (χ0n) is 28.3. The molecule has 1 aliphatic heterocycles. The number of methoxy groups -OCH3 is 2. The number of hydrogen-bond acceptors (Lipinski definition) is 7. The van der Waals surface area contributed by atoms with Crippen molar-refractivity contribution in [2.24, 2.45) is 0 Å². The van der Waals surface area contributed by atoms with Crippen LogP contribution in [0.1, 0.15) is 55.6 Å². The Bertz CT molecular complexity index is 1640. The molecule has 0 N–H and O–H groups in total. The quantitative estimate of drug-likeness (QED) is 0.211. The van der Waals surface area contributed by atoms with Gasteiger partial charge in [-0.1, -0.05) is 48.2 Å². The Balaban J connectivity index is 1.59. The van der Waals surface area contributed by atoms with Crippen LogP contribution in [-0.4, -0.2) is 67.1 Å². The van der Waals surface area contributed by atoms with Gasteiger partial charge in [-0.05, 0) is 46.5 Å². The van der Waals surface area contributed by atoms with Crippen LogP contribution in [-0.2, 0) is 39.9 Å². The maximum absolute atomic E-state index is 6.58. The first-order chi connectivity index (χ1) is 24.1. The van der Waals surface area contributed by atoms with E-state index < -0.39 is 0 Å². The number of benzene rings is 4. The molecule has 0 atom stereocenters. The summed E-state index contributed by atoms with van der Waals surface area (Å²) in [4.78, 5) is 0. The smallest absolute Gasteiger partial charge is 0.126 e. The Morgan fingerprint density at radius 2 is 0.776 bits per heavy atom. The molecule has 4 aromatic carbocycles. The van der Waals surface area contributed by atoms with Crippen molar-refractivity contribution in [3.05, 3.63) is 116 Å². The standard InChI is InChI=1S/C42H42O7/c1-5-29-21-35-25-31-9-7-11-33(39(31)43-3)27-37-23-30(6-2)24-38-28-34-12-8-10-32(40(34)44-4)26-36(22-29)41(35)48-19-17-46-15-13-45-14-16-47-18-20-49-42(37)38/h1-2,7-12,21-24H,13-20,25-28H2,3-4H3. The highest BCUT2D eigenvalue weighted by atomic mass is 16.6. The summed E-state index contributed by atoms with van der Waals surface area (Å²) in [6.07, 6.45) is 14.2. The topological polar surface area (TPSA) is 64.6 Å². The van der Waals surface area contributed by atoms with Crippen LogP contribution < -0.4 is 18.9 Å². The molecule has 0 fully saturated rings. The largest absolute Gasteiger partial charge is 0.496 e. The molecule has 7 heteroatoms. The average molecular weight is 659 g/mol. The van der Waals surface area contributed by atoms with Gasteiger partial charge in [-0.25, -0.2) is 0 Å². The van der Waals surface area contributed by atoms with Crippen molar-refractivity contribution in [2.75, 3.05) is 67.1 Å². The monoisotopic (exact) mass is 658 g/mol. The number of hydrogen-bond donors (Lipinski definition) is 0. The number of para-hydroxylation sites is 2. The molecular formula is C42H42O7. The van der Waals surface area contributed by atoms with Gasteiger partial charge < -0.3 is 33.2 Å². The van der Waals surface area contributed by atoms with E-state index in [4.69, 9.17) is 46.0 Å². The third-order valence-electron chi connectivity index (χ3n) is 8.80. The van der Waals surface area contributed by atoms with Gasteiger partial charge in [0.1, 0.15) is 36.2 Å². The van der Waals surface area contributed by atoms with Crippen molar-refractivity contribution in [2.45, 2.75) is 25.7 Å². The Morgan fingerprint density at radius 1 is 0.469 bits per heavy atom. The molecule has 10 bridgehead atoms. The second kappa shape index (κ2) is 16.5. The summed E-state index contributed by atoms with van der Waals surface area (Å²) in [7, 11) is 3.42. The van der Waals surface area contributed by atoms with Crippen LogP contribution in [0.15, 0.2) is 60.7 Å². The lowest BCUT2D eigenvalue weighted by Crippen LogP contribution is -2.16. The minimum atomic E-state index is 0.363. The molecule has 49 heavy (non-hydrogen) atoms. The summed E-state index contributed by atoms with van der Waals surface area (Å²) in [5, 5.41) is 0. The zero-order valence-corrected chi connectivity index (χ0v) is 28.3. The van der Waals surface area contributed by atoms with E-state index in [1.165, 1.54) is 0 Å². The fourth-order valence-corrected chi connectivity index (χ4v) is 6.70. The predicted molar refractivity (Wildman–Crippen MR) is 189 cm³/mol. The van der Waals surface area contributed by atoms with Gasteiger partial charge in [0.15, 0.2) is 0 Å². The summed E-state index contributed by atoms with van der Waals surface area (Å²) >= 11 is 0. The van der Waals surface area contributed by atoms with Gasteiger partial charge in [-0.15, -0.1) is 12.8 Å². The highest BCUT2D eigenvalue weighted by Gasteiger charge is 2.22. The molecule has 0 unspecified atom stereocenters. The molecular weight excluding hydrogens is 616 g/mol. The predicted octanol–water partition coefficient (Wildman–Crippen LogP) is 6.16. The van der Waals surface area contributed by atoms with Crippen molar-refractivity contribution >= 4 is 0 Å². The van der Waals surface area contributed by atoms with E-state index in [0.29, 0.717) is 78.5 Å². The zero-order chi connectivity index (χ0) is 34.0. The molecule has 2 aliphatic rings. The maximum Gasteiger partial charge on any atom is 0.126 e. The van der Waals surface area contributed by atoms with Crippen molar-refractivity contribution in [1.82, 2.24) is 0 Å². The van der Waals surface area contributed by atoms with Gasteiger partial charge in [0.05, 0.1) is 53.9 Å². The molecule has 0 saturated carbocycles. The molecule has 0 aromatic heterocycles. The van der Waals surface area contributed by atoms with Gasteiger partial charge in [-0.3, -0.25) is 0 Å². The fraction of sp³-hybridized carbons (Fsp3) is 0.333. The SMILES string of the molecule is C#Cc1cc2c3c(c1)Cc1cccc(c1OC)Cc1cc(C#C)cc(c1OCCOCCOCCOCCO3)Cc1cccc(c1OC)C2. The van der Waals surface area contributed by atoms with E-state index in [9.17, 15) is 0 Å². The van der Waals surface area contributed by atoms with Crippen LogP contribution in [0, 0.1) is 24.7 Å². The van der Waals surface area contributed by atoms with Crippen molar-refractivity contribution < 1.29 is 33.2 Å². The molecule has 1 heterocycles. The number of fused-ring (bicyclic) bond motifs is 2. The van der Waals surface area contributed by atoms with E-state index in [1.54, 1.807) is 14.2 Å². The maximum atomic E-state index is 6.58. The van der Waals surface area contributed by atoms with Gasteiger partial charge in [0, 0.05) is 59.1 Å². The lowest BCUT2D eigenvalue weighted by atomic mass is 9.90. The van der Waals surface area contributed by atoms with Crippen LogP contribution in [0.25, 0.3) is 0 Å². The molecule has 7 nitrogen and oxygen atoms in total. The van der Waals surface area contributed by atoms with Crippen molar-refractivity contribution in [3.63, 3.8) is 0 Å². The first-order valence-corrected chi connectivity index (χ1v) is 16.6. The fourth-order valence-electron chi connectivity index (χ4n) is 6.70.